The SMILES string of the molecule is N#Cc1c(NC(=O)CS(=O)(=O)c2ccccc2)sc2c1CCCC2. The zero-order chi connectivity index (χ0) is 17.2. The molecule has 1 amide bonds. The number of hydrogen-bond acceptors (Lipinski definition) is 5. The second kappa shape index (κ2) is 6.75. The first-order valence-corrected chi connectivity index (χ1v) is 10.1. The Kier molecular flexibility index (Phi) is 4.69. The molecule has 1 aromatic carbocycles. The number of fused-ring (bicyclic) bond motifs is 1. The van der Waals surface area contributed by atoms with E-state index >= 15 is 0 Å². The summed E-state index contributed by atoms with van der Waals surface area (Å²) in [6.07, 6.45) is 3.86. The predicted molar refractivity (Wildman–Crippen MR) is 92.8 cm³/mol. The number of nitrogens with one attached hydrogen (secondary N) is 1. The van der Waals surface area contributed by atoms with E-state index in [1.807, 2.05) is 0 Å². The van der Waals surface area contributed by atoms with Gasteiger partial charge in [0.1, 0.15) is 16.8 Å². The van der Waals surface area contributed by atoms with E-state index in [1.165, 1.54) is 23.5 Å². The van der Waals surface area contributed by atoms with Crippen LogP contribution in [0, 0.1) is 11.3 Å². The number of nitriles is 1. The number of thiophene rings is 1. The summed E-state index contributed by atoms with van der Waals surface area (Å²) < 4.78 is 24.5. The molecule has 7 heteroatoms. The number of carbonyl (C=O) groups excluding carboxylic acids is 1. The molecule has 0 atom stereocenters. The van der Waals surface area contributed by atoms with Crippen LogP contribution in [0.1, 0.15) is 28.8 Å². The normalized spacial score (nSPS) is 13.8. The summed E-state index contributed by atoms with van der Waals surface area (Å²) in [4.78, 5) is 13.4. The number of carbonyl (C=O) groups is 1. The maximum absolute atomic E-state index is 12.3. The zero-order valence-corrected chi connectivity index (χ0v) is 14.5. The van der Waals surface area contributed by atoms with Crippen molar-refractivity contribution in [3.63, 3.8) is 0 Å². The monoisotopic (exact) mass is 360 g/mol. The summed E-state index contributed by atoms with van der Waals surface area (Å²) in [5, 5.41) is 12.5. The molecule has 1 aliphatic rings. The third-order valence-electron chi connectivity index (χ3n) is 3.96. The van der Waals surface area contributed by atoms with E-state index in [0.717, 1.165) is 36.1 Å². The molecule has 0 spiro atoms. The smallest absolute Gasteiger partial charge is 0.240 e. The van der Waals surface area contributed by atoms with Gasteiger partial charge in [-0.2, -0.15) is 5.26 Å². The van der Waals surface area contributed by atoms with Crippen molar-refractivity contribution in [3.8, 4) is 6.07 Å². The van der Waals surface area contributed by atoms with Crippen molar-refractivity contribution in [3.05, 3.63) is 46.3 Å². The Morgan fingerprint density at radius 1 is 1.21 bits per heavy atom. The van der Waals surface area contributed by atoms with E-state index in [2.05, 4.69) is 11.4 Å². The lowest BCUT2D eigenvalue weighted by Gasteiger charge is -2.09. The second-order valence-electron chi connectivity index (χ2n) is 5.65. The summed E-state index contributed by atoms with van der Waals surface area (Å²) in [6.45, 7) is 0. The van der Waals surface area contributed by atoms with Gasteiger partial charge in [0.2, 0.25) is 5.91 Å². The number of aryl methyl sites for hydroxylation is 1. The fourth-order valence-electron chi connectivity index (χ4n) is 2.82. The fraction of sp³-hybridized carbons (Fsp3) is 0.294. The maximum atomic E-state index is 12.3. The molecule has 0 unspecified atom stereocenters. The van der Waals surface area contributed by atoms with Gasteiger partial charge in [0.15, 0.2) is 9.84 Å². The van der Waals surface area contributed by atoms with Crippen molar-refractivity contribution in [1.29, 1.82) is 5.26 Å². The topological polar surface area (TPSA) is 87.0 Å². The number of amides is 1. The molecule has 0 saturated carbocycles. The highest BCUT2D eigenvalue weighted by atomic mass is 32.2. The van der Waals surface area contributed by atoms with Crippen molar-refractivity contribution in [1.82, 2.24) is 0 Å². The average Bonchev–Trinajstić information content (AvgIpc) is 2.91. The van der Waals surface area contributed by atoms with Crippen LogP contribution in [0.2, 0.25) is 0 Å². The molecule has 0 fully saturated rings. The van der Waals surface area contributed by atoms with Gasteiger partial charge in [-0.15, -0.1) is 11.3 Å². The fourth-order valence-corrected chi connectivity index (χ4v) is 5.23. The molecule has 0 bridgehead atoms. The Labute approximate surface area is 144 Å². The lowest BCUT2D eigenvalue weighted by molar-refractivity contribution is -0.113. The average molecular weight is 360 g/mol. The predicted octanol–water partition coefficient (Wildman–Crippen LogP) is 2.91. The van der Waals surface area contributed by atoms with Crippen molar-refractivity contribution in [2.45, 2.75) is 30.6 Å². The maximum Gasteiger partial charge on any atom is 0.240 e. The Hall–Kier alpha value is -2.17. The number of hydrogen-bond donors (Lipinski definition) is 1. The van der Waals surface area contributed by atoms with Crippen LogP contribution in [0.25, 0.3) is 0 Å². The zero-order valence-electron chi connectivity index (χ0n) is 12.9. The standard InChI is InChI=1S/C17H16N2O3S2/c18-10-14-13-8-4-5-9-15(13)23-17(14)19-16(20)11-24(21,22)12-6-2-1-3-7-12/h1-3,6-7H,4-5,8-9,11H2,(H,19,20). The van der Waals surface area contributed by atoms with Crippen molar-refractivity contribution < 1.29 is 13.2 Å². The van der Waals surface area contributed by atoms with Crippen LogP contribution < -0.4 is 5.32 Å². The molecule has 124 valence electrons. The highest BCUT2D eigenvalue weighted by Gasteiger charge is 2.24. The number of benzene rings is 1. The molecule has 1 aliphatic carbocycles. The van der Waals surface area contributed by atoms with Gasteiger partial charge in [-0.3, -0.25) is 4.79 Å². The van der Waals surface area contributed by atoms with Gasteiger partial charge in [-0.05, 0) is 43.4 Å². The molecule has 3 rings (SSSR count). The van der Waals surface area contributed by atoms with Gasteiger partial charge < -0.3 is 5.32 Å². The molecular weight excluding hydrogens is 344 g/mol. The third kappa shape index (κ3) is 3.35. The first-order chi connectivity index (χ1) is 11.5. The molecule has 0 radical (unpaired) electrons. The Balaban J connectivity index is 1.79. The van der Waals surface area contributed by atoms with Gasteiger partial charge in [0.05, 0.1) is 10.5 Å². The van der Waals surface area contributed by atoms with Crippen molar-refractivity contribution in [2.24, 2.45) is 0 Å². The Bertz CT molecular complexity index is 909. The summed E-state index contributed by atoms with van der Waals surface area (Å²) in [7, 11) is -3.69. The van der Waals surface area contributed by atoms with Crippen LogP contribution in [0.15, 0.2) is 35.2 Å². The highest BCUT2D eigenvalue weighted by molar-refractivity contribution is 7.92. The highest BCUT2D eigenvalue weighted by Crippen LogP contribution is 2.37. The lowest BCUT2D eigenvalue weighted by Crippen LogP contribution is -2.23. The molecule has 2 aromatic rings. The number of nitrogens with zero attached hydrogens (tertiary/aromatic N) is 1. The van der Waals surface area contributed by atoms with E-state index < -0.39 is 21.5 Å². The minimum Gasteiger partial charge on any atom is -0.316 e. The number of anilines is 1. The lowest BCUT2D eigenvalue weighted by atomic mass is 9.96. The van der Waals surface area contributed by atoms with Crippen LogP contribution in [0.4, 0.5) is 5.00 Å². The largest absolute Gasteiger partial charge is 0.316 e. The van der Waals surface area contributed by atoms with Crippen LogP contribution in [0.3, 0.4) is 0 Å². The van der Waals surface area contributed by atoms with Crippen molar-refractivity contribution >= 4 is 32.1 Å². The molecule has 0 saturated heterocycles. The number of rotatable bonds is 4. The first kappa shape index (κ1) is 16.7. The van der Waals surface area contributed by atoms with Gasteiger partial charge in [0.25, 0.3) is 0 Å². The molecule has 1 aromatic heterocycles. The first-order valence-electron chi connectivity index (χ1n) is 7.63. The third-order valence-corrected chi connectivity index (χ3v) is 6.80. The van der Waals surface area contributed by atoms with E-state index in [0.29, 0.717) is 10.6 Å². The van der Waals surface area contributed by atoms with Crippen LogP contribution >= 0.6 is 11.3 Å². The van der Waals surface area contributed by atoms with Crippen LogP contribution in [-0.2, 0) is 27.5 Å². The van der Waals surface area contributed by atoms with Gasteiger partial charge in [-0.25, -0.2) is 8.42 Å². The van der Waals surface area contributed by atoms with Crippen LogP contribution in [-0.4, -0.2) is 20.1 Å². The Morgan fingerprint density at radius 3 is 2.62 bits per heavy atom. The Morgan fingerprint density at radius 2 is 1.92 bits per heavy atom. The summed E-state index contributed by atoms with van der Waals surface area (Å²) >= 11 is 1.39. The van der Waals surface area contributed by atoms with E-state index in [9.17, 15) is 18.5 Å². The van der Waals surface area contributed by atoms with E-state index in [1.54, 1.807) is 18.2 Å². The van der Waals surface area contributed by atoms with Gasteiger partial charge in [0, 0.05) is 4.88 Å². The molecular formula is C17H16N2O3S2. The molecule has 24 heavy (non-hydrogen) atoms. The van der Waals surface area contributed by atoms with Gasteiger partial charge >= 0.3 is 0 Å². The van der Waals surface area contributed by atoms with E-state index in [4.69, 9.17) is 0 Å². The minimum atomic E-state index is -3.69. The molecule has 5 nitrogen and oxygen atoms in total. The number of sulfone groups is 1. The summed E-state index contributed by atoms with van der Waals surface area (Å²) in [5.41, 5.74) is 1.50. The van der Waals surface area contributed by atoms with E-state index in [-0.39, 0.29) is 4.90 Å². The van der Waals surface area contributed by atoms with Crippen molar-refractivity contribution in [2.75, 3.05) is 11.1 Å². The molecule has 0 aliphatic heterocycles. The summed E-state index contributed by atoms with van der Waals surface area (Å²) in [5.74, 6) is -1.25. The quantitative estimate of drug-likeness (QED) is 0.908. The summed E-state index contributed by atoms with van der Waals surface area (Å²) in [6, 6.07) is 10.0. The molecule has 1 N–H and O–H groups in total. The second-order valence-corrected chi connectivity index (χ2v) is 8.74. The van der Waals surface area contributed by atoms with Gasteiger partial charge in [-0.1, -0.05) is 18.2 Å². The van der Waals surface area contributed by atoms with Crippen LogP contribution in [0.5, 0.6) is 0 Å². The molecule has 1 heterocycles. The minimum absolute atomic E-state index is 0.117.